The Balaban J connectivity index is 0.00000253. The Morgan fingerprint density at radius 3 is 2.63 bits per heavy atom. The van der Waals surface area contributed by atoms with Crippen LogP contribution in [0.15, 0.2) is 66.7 Å². The number of fused-ring (bicyclic) bond motifs is 5. The van der Waals surface area contributed by atoms with Gasteiger partial charge in [-0.2, -0.15) is 0 Å². The number of halogens is 1. The van der Waals surface area contributed by atoms with Gasteiger partial charge in [0.1, 0.15) is 5.75 Å². The topological polar surface area (TPSA) is 45.6 Å². The summed E-state index contributed by atoms with van der Waals surface area (Å²) in [4.78, 5) is 7.54. The van der Waals surface area contributed by atoms with Crippen molar-refractivity contribution in [3.8, 4) is 17.0 Å². The summed E-state index contributed by atoms with van der Waals surface area (Å²) in [5.41, 5.74) is 3.82. The van der Waals surface area contributed by atoms with E-state index in [2.05, 4.69) is 60.4 Å². The van der Waals surface area contributed by atoms with Crippen LogP contribution >= 0.6 is 12.4 Å². The molecule has 0 radical (unpaired) electrons. The zero-order valence-electron chi connectivity index (χ0n) is 20.4. The van der Waals surface area contributed by atoms with Gasteiger partial charge in [0, 0.05) is 23.5 Å². The quantitative estimate of drug-likeness (QED) is 0.342. The summed E-state index contributed by atoms with van der Waals surface area (Å²) in [5, 5.41) is 15.2. The van der Waals surface area contributed by atoms with Crippen molar-refractivity contribution in [3.63, 3.8) is 0 Å². The maximum absolute atomic E-state index is 11.8. The van der Waals surface area contributed by atoms with E-state index in [0.29, 0.717) is 0 Å². The molecule has 2 bridgehead atoms. The largest absolute Gasteiger partial charge is 0.497 e. The average molecular weight is 489 g/mol. The second kappa shape index (κ2) is 9.77. The van der Waals surface area contributed by atoms with Gasteiger partial charge in [0.25, 0.3) is 0 Å². The van der Waals surface area contributed by atoms with Crippen LogP contribution in [0.5, 0.6) is 5.75 Å². The number of benzene rings is 3. The number of hydrogen-bond donors (Lipinski definition) is 1. The van der Waals surface area contributed by atoms with Gasteiger partial charge < -0.3 is 9.84 Å². The van der Waals surface area contributed by atoms with Crippen LogP contribution in [0.4, 0.5) is 0 Å². The molecule has 0 saturated carbocycles. The lowest BCUT2D eigenvalue weighted by Crippen LogP contribution is -2.55. The summed E-state index contributed by atoms with van der Waals surface area (Å²) < 4.78 is 5.52. The van der Waals surface area contributed by atoms with Gasteiger partial charge in [-0.25, -0.2) is 4.98 Å². The predicted octanol–water partition coefficient (Wildman–Crippen LogP) is 6.64. The first-order chi connectivity index (χ1) is 16.6. The van der Waals surface area contributed by atoms with E-state index in [4.69, 9.17) is 9.72 Å². The molecule has 4 nitrogen and oxygen atoms in total. The minimum atomic E-state index is -0.558. The van der Waals surface area contributed by atoms with Crippen molar-refractivity contribution < 1.29 is 9.84 Å². The maximum Gasteiger partial charge on any atom is 0.119 e. The van der Waals surface area contributed by atoms with E-state index in [1.165, 1.54) is 23.6 Å². The van der Waals surface area contributed by atoms with Crippen LogP contribution in [-0.2, 0) is 0 Å². The fourth-order valence-corrected chi connectivity index (χ4v) is 6.28. The zero-order chi connectivity index (χ0) is 23.2. The van der Waals surface area contributed by atoms with E-state index in [1.807, 2.05) is 18.2 Å². The average Bonchev–Trinajstić information content (AvgIpc) is 2.91. The molecule has 35 heavy (non-hydrogen) atoms. The Kier molecular flexibility index (Phi) is 6.71. The summed E-state index contributed by atoms with van der Waals surface area (Å²) in [7, 11) is 1.69. The lowest BCUT2D eigenvalue weighted by atomic mass is 9.72. The Morgan fingerprint density at radius 1 is 1.06 bits per heavy atom. The van der Waals surface area contributed by atoms with Crippen LogP contribution in [0.2, 0.25) is 0 Å². The highest BCUT2D eigenvalue weighted by Gasteiger charge is 2.42. The molecule has 3 aliphatic rings. The Hall–Kier alpha value is -2.66. The van der Waals surface area contributed by atoms with Crippen LogP contribution in [-0.4, -0.2) is 41.2 Å². The molecule has 1 aromatic heterocycles. The van der Waals surface area contributed by atoms with Crippen LogP contribution in [0, 0.1) is 11.8 Å². The van der Waals surface area contributed by atoms with Crippen LogP contribution in [0.3, 0.4) is 0 Å². The molecule has 1 N–H and O–H groups in total. The smallest absolute Gasteiger partial charge is 0.119 e. The molecule has 3 fully saturated rings. The number of nitrogens with zero attached hydrogens (tertiary/aromatic N) is 2. The fraction of sp³-hybridized carbons (Fsp3) is 0.367. The van der Waals surface area contributed by atoms with Crippen molar-refractivity contribution in [1.82, 2.24) is 9.88 Å². The van der Waals surface area contributed by atoms with Crippen LogP contribution in [0.1, 0.15) is 37.9 Å². The summed E-state index contributed by atoms with van der Waals surface area (Å²) in [5.74, 6) is 2.27. The van der Waals surface area contributed by atoms with Crippen molar-refractivity contribution in [3.05, 3.63) is 72.3 Å². The normalized spacial score (nSPS) is 24.3. The molecule has 1 unspecified atom stereocenters. The molecule has 3 aliphatic heterocycles. The first-order valence-corrected chi connectivity index (χ1v) is 12.5. The summed E-state index contributed by atoms with van der Waals surface area (Å²) in [6, 6.07) is 23.1. The first kappa shape index (κ1) is 24.1. The molecule has 0 amide bonds. The highest BCUT2D eigenvalue weighted by atomic mass is 35.5. The number of aromatic nitrogens is 1. The number of pyridine rings is 1. The SMILES string of the molecule is CC[C@H]1CN2CC[C@@H]1C[C@H]2[C@H](O)c1cc(-c2ccc3ccccc3c2)nc2ccc(OC)cc12.Cl. The molecular weight excluding hydrogens is 456 g/mol. The predicted molar refractivity (Wildman–Crippen MR) is 145 cm³/mol. The number of methoxy groups -OCH3 is 1. The van der Waals surface area contributed by atoms with Gasteiger partial charge in [-0.3, -0.25) is 4.90 Å². The number of piperidine rings is 3. The number of ether oxygens (including phenoxy) is 1. The van der Waals surface area contributed by atoms with Gasteiger partial charge in [-0.15, -0.1) is 12.4 Å². The van der Waals surface area contributed by atoms with Gasteiger partial charge in [0.05, 0.1) is 24.4 Å². The Labute approximate surface area is 213 Å². The van der Waals surface area contributed by atoms with Gasteiger partial charge >= 0.3 is 0 Å². The monoisotopic (exact) mass is 488 g/mol. The van der Waals surface area contributed by atoms with Crippen molar-refractivity contribution >= 4 is 34.1 Å². The highest BCUT2D eigenvalue weighted by molar-refractivity contribution is 5.90. The van der Waals surface area contributed by atoms with Crippen LogP contribution in [0.25, 0.3) is 32.9 Å². The molecule has 4 heterocycles. The van der Waals surface area contributed by atoms with Crippen LogP contribution < -0.4 is 4.74 Å². The second-order valence-corrected chi connectivity index (χ2v) is 10.0. The van der Waals surface area contributed by atoms with E-state index >= 15 is 0 Å². The number of aliphatic hydroxyl groups excluding tert-OH is 1. The van der Waals surface area contributed by atoms with Crippen molar-refractivity contribution in [2.45, 2.75) is 38.3 Å². The van der Waals surface area contributed by atoms with Gasteiger partial charge in [0.15, 0.2) is 0 Å². The minimum Gasteiger partial charge on any atom is -0.497 e. The Morgan fingerprint density at radius 2 is 1.89 bits per heavy atom. The van der Waals surface area contributed by atoms with Crippen molar-refractivity contribution in [2.75, 3.05) is 20.2 Å². The van der Waals surface area contributed by atoms with Crippen molar-refractivity contribution in [1.29, 1.82) is 0 Å². The molecule has 3 aromatic carbocycles. The van der Waals surface area contributed by atoms with E-state index in [9.17, 15) is 5.11 Å². The maximum atomic E-state index is 11.8. The molecule has 3 saturated heterocycles. The van der Waals surface area contributed by atoms with Gasteiger partial charge in [-0.1, -0.05) is 49.7 Å². The third-order valence-corrected chi connectivity index (χ3v) is 8.24. The third kappa shape index (κ3) is 4.29. The minimum absolute atomic E-state index is 0. The first-order valence-electron chi connectivity index (χ1n) is 12.5. The van der Waals surface area contributed by atoms with E-state index < -0.39 is 6.10 Å². The number of aliphatic hydroxyl groups is 1. The third-order valence-electron chi connectivity index (χ3n) is 8.24. The molecule has 0 spiro atoms. The molecule has 5 atom stereocenters. The number of rotatable bonds is 5. The zero-order valence-corrected chi connectivity index (χ0v) is 21.2. The molecule has 4 aromatic rings. The standard InChI is InChI=1S/C30H32N2O2.ClH/c1-3-19-18-32-13-12-22(19)15-29(32)30(33)26-17-28(31-27-11-10-24(34-2)16-25(26)27)23-9-8-20-6-4-5-7-21(20)14-23;/h4-11,14,16-17,19,22,29-30,33H,3,12-13,15,18H2,1-2H3;1H/t19-,22+,29-,30+;/m0./s1. The lowest BCUT2D eigenvalue weighted by Gasteiger charge is -2.51. The molecule has 7 rings (SSSR count). The summed E-state index contributed by atoms with van der Waals surface area (Å²) in [6.07, 6.45) is 3.00. The highest BCUT2D eigenvalue weighted by Crippen LogP contribution is 2.43. The second-order valence-electron chi connectivity index (χ2n) is 10.0. The fourth-order valence-electron chi connectivity index (χ4n) is 6.28. The lowest BCUT2D eigenvalue weighted by molar-refractivity contribution is -0.0562. The van der Waals surface area contributed by atoms with Gasteiger partial charge in [0.2, 0.25) is 0 Å². The van der Waals surface area contributed by atoms with Gasteiger partial charge in [-0.05, 0) is 77.9 Å². The van der Waals surface area contributed by atoms with E-state index in [0.717, 1.165) is 64.8 Å². The molecule has 182 valence electrons. The molecule has 5 heteroatoms. The van der Waals surface area contributed by atoms with Crippen molar-refractivity contribution in [2.24, 2.45) is 11.8 Å². The van der Waals surface area contributed by atoms with E-state index in [-0.39, 0.29) is 18.4 Å². The summed E-state index contributed by atoms with van der Waals surface area (Å²) in [6.45, 7) is 4.50. The Bertz CT molecular complexity index is 1360. The molecule has 0 aliphatic carbocycles. The molecular formula is C30H33ClN2O2. The van der Waals surface area contributed by atoms with E-state index in [1.54, 1.807) is 7.11 Å². The number of hydrogen-bond acceptors (Lipinski definition) is 4. The summed E-state index contributed by atoms with van der Waals surface area (Å²) >= 11 is 0.